The number of primary amides is 1. The largest absolute Gasteiger partial charge is 0.368 e. The lowest BCUT2D eigenvalue weighted by atomic mass is 10.0. The Balaban J connectivity index is 2.46. The van der Waals surface area contributed by atoms with Crippen molar-refractivity contribution in [2.24, 2.45) is 17.6 Å². The van der Waals surface area contributed by atoms with E-state index < -0.39 is 11.9 Å². The molecule has 5 nitrogen and oxygen atoms in total. The van der Waals surface area contributed by atoms with Crippen LogP contribution in [0.25, 0.3) is 0 Å². The molecule has 0 unspecified atom stereocenters. The molecule has 1 aliphatic carbocycles. The first-order valence-electron chi connectivity index (χ1n) is 5.04. The number of carbonyl (C=O) groups excluding carboxylic acids is 2. The van der Waals surface area contributed by atoms with Gasteiger partial charge in [-0.05, 0) is 26.2 Å². The van der Waals surface area contributed by atoms with E-state index in [0.29, 0.717) is 0 Å². The number of hydrogen-bond donors (Lipinski definition) is 2. The second-order valence-corrected chi connectivity index (χ2v) is 4.00. The summed E-state index contributed by atoms with van der Waals surface area (Å²) >= 11 is 0. The predicted molar refractivity (Wildman–Crippen MR) is 53.2 cm³/mol. The molecule has 1 fully saturated rings. The van der Waals surface area contributed by atoms with Crippen molar-refractivity contribution in [1.29, 1.82) is 5.26 Å². The van der Waals surface area contributed by atoms with Gasteiger partial charge in [-0.3, -0.25) is 9.59 Å². The van der Waals surface area contributed by atoms with Crippen molar-refractivity contribution in [2.45, 2.75) is 32.2 Å². The van der Waals surface area contributed by atoms with Crippen molar-refractivity contribution >= 4 is 11.8 Å². The second kappa shape index (κ2) is 4.78. The molecule has 82 valence electrons. The molecule has 1 aliphatic rings. The highest BCUT2D eigenvalue weighted by Crippen LogP contribution is 2.29. The number of nitriles is 1. The molecule has 15 heavy (non-hydrogen) atoms. The van der Waals surface area contributed by atoms with Crippen LogP contribution in [0.15, 0.2) is 0 Å². The van der Waals surface area contributed by atoms with Gasteiger partial charge in [0, 0.05) is 11.8 Å². The zero-order valence-corrected chi connectivity index (χ0v) is 8.69. The maximum absolute atomic E-state index is 11.4. The minimum Gasteiger partial charge on any atom is -0.368 e. The quantitative estimate of drug-likeness (QED) is 0.662. The van der Waals surface area contributed by atoms with Gasteiger partial charge in [0.2, 0.25) is 11.8 Å². The van der Waals surface area contributed by atoms with Crippen LogP contribution in [-0.4, -0.2) is 17.9 Å². The molecule has 0 aromatic carbocycles. The summed E-state index contributed by atoms with van der Waals surface area (Å²) in [6.07, 6.45) is 2.04. The van der Waals surface area contributed by atoms with Crippen LogP contribution in [0.3, 0.4) is 0 Å². The molecular weight excluding hydrogens is 194 g/mol. The van der Waals surface area contributed by atoms with Gasteiger partial charge in [-0.25, -0.2) is 0 Å². The number of carbonyl (C=O) groups is 2. The van der Waals surface area contributed by atoms with E-state index in [1.165, 1.54) is 0 Å². The SMILES string of the molecule is C[C@H](C#N)C[C@@H](NC(=O)C1CC1)C(N)=O. The van der Waals surface area contributed by atoms with E-state index in [1.54, 1.807) is 6.92 Å². The van der Waals surface area contributed by atoms with Crippen LogP contribution in [0, 0.1) is 23.2 Å². The fourth-order valence-corrected chi connectivity index (χ4v) is 1.29. The first kappa shape index (κ1) is 11.5. The third kappa shape index (κ3) is 3.58. The molecule has 2 atom stereocenters. The van der Waals surface area contributed by atoms with Gasteiger partial charge in [-0.2, -0.15) is 5.26 Å². The van der Waals surface area contributed by atoms with E-state index in [4.69, 9.17) is 11.0 Å². The average molecular weight is 209 g/mol. The molecule has 0 bridgehead atoms. The van der Waals surface area contributed by atoms with Crippen molar-refractivity contribution in [3.63, 3.8) is 0 Å². The van der Waals surface area contributed by atoms with E-state index in [-0.39, 0.29) is 24.2 Å². The Morgan fingerprint density at radius 3 is 2.60 bits per heavy atom. The van der Waals surface area contributed by atoms with Gasteiger partial charge in [0.05, 0.1) is 6.07 Å². The normalized spacial score (nSPS) is 18.7. The van der Waals surface area contributed by atoms with E-state index >= 15 is 0 Å². The van der Waals surface area contributed by atoms with Crippen LogP contribution < -0.4 is 11.1 Å². The number of nitrogens with two attached hydrogens (primary N) is 1. The lowest BCUT2D eigenvalue weighted by molar-refractivity contribution is -0.128. The van der Waals surface area contributed by atoms with Gasteiger partial charge in [0.15, 0.2) is 0 Å². The summed E-state index contributed by atoms with van der Waals surface area (Å²) in [5.74, 6) is -0.943. The van der Waals surface area contributed by atoms with Crippen molar-refractivity contribution in [3.8, 4) is 6.07 Å². The van der Waals surface area contributed by atoms with Crippen molar-refractivity contribution in [1.82, 2.24) is 5.32 Å². The van der Waals surface area contributed by atoms with E-state index in [1.807, 2.05) is 6.07 Å². The number of amides is 2. The smallest absolute Gasteiger partial charge is 0.240 e. The minimum atomic E-state index is -0.715. The lowest BCUT2D eigenvalue weighted by Gasteiger charge is -2.16. The van der Waals surface area contributed by atoms with Crippen LogP contribution in [0.1, 0.15) is 26.2 Å². The fraction of sp³-hybridized carbons (Fsp3) is 0.700. The number of nitrogens with zero attached hydrogens (tertiary/aromatic N) is 1. The second-order valence-electron chi connectivity index (χ2n) is 4.00. The Bertz CT molecular complexity index is 304. The highest BCUT2D eigenvalue weighted by molar-refractivity contribution is 5.88. The maximum Gasteiger partial charge on any atom is 0.240 e. The third-order valence-electron chi connectivity index (χ3n) is 2.42. The summed E-state index contributed by atoms with van der Waals surface area (Å²) < 4.78 is 0. The summed E-state index contributed by atoms with van der Waals surface area (Å²) in [6, 6.07) is 1.29. The summed E-state index contributed by atoms with van der Waals surface area (Å²) in [4.78, 5) is 22.4. The van der Waals surface area contributed by atoms with Crippen LogP contribution in [0.2, 0.25) is 0 Å². The molecule has 2 amide bonds. The Labute approximate surface area is 88.6 Å². The molecule has 3 N–H and O–H groups in total. The van der Waals surface area contributed by atoms with Crippen LogP contribution in [0.5, 0.6) is 0 Å². The molecule has 0 radical (unpaired) electrons. The summed E-state index contributed by atoms with van der Waals surface area (Å²) in [5.41, 5.74) is 5.15. The van der Waals surface area contributed by atoms with E-state index in [2.05, 4.69) is 5.32 Å². The number of rotatable bonds is 5. The topological polar surface area (TPSA) is 96.0 Å². The molecule has 1 rings (SSSR count). The summed E-state index contributed by atoms with van der Waals surface area (Å²) in [6.45, 7) is 1.69. The molecule has 0 aromatic rings. The maximum atomic E-state index is 11.4. The molecule has 0 spiro atoms. The molecular formula is C10H15N3O2. The van der Waals surface area contributed by atoms with Gasteiger partial charge in [0.1, 0.15) is 6.04 Å². The molecule has 0 aliphatic heterocycles. The monoisotopic (exact) mass is 209 g/mol. The fourth-order valence-electron chi connectivity index (χ4n) is 1.29. The standard InChI is InChI=1S/C10H15N3O2/c1-6(5-11)4-8(9(12)14)13-10(15)7-2-3-7/h6-8H,2-4H2,1H3,(H2,12,14)(H,13,15)/t6-,8+/m0/s1. The van der Waals surface area contributed by atoms with Crippen LogP contribution in [-0.2, 0) is 9.59 Å². The van der Waals surface area contributed by atoms with Gasteiger partial charge in [-0.1, -0.05) is 0 Å². The van der Waals surface area contributed by atoms with Crippen LogP contribution in [0.4, 0.5) is 0 Å². The van der Waals surface area contributed by atoms with Crippen molar-refractivity contribution < 1.29 is 9.59 Å². The first-order valence-corrected chi connectivity index (χ1v) is 5.04. The zero-order chi connectivity index (χ0) is 11.4. The third-order valence-corrected chi connectivity index (χ3v) is 2.42. The highest BCUT2D eigenvalue weighted by atomic mass is 16.2. The number of hydrogen-bond acceptors (Lipinski definition) is 3. The van der Waals surface area contributed by atoms with Crippen molar-refractivity contribution in [3.05, 3.63) is 0 Å². The Morgan fingerprint density at radius 1 is 1.60 bits per heavy atom. The molecule has 0 aromatic heterocycles. The summed E-state index contributed by atoms with van der Waals surface area (Å²) in [7, 11) is 0. The van der Waals surface area contributed by atoms with Gasteiger partial charge < -0.3 is 11.1 Å². The van der Waals surface area contributed by atoms with Gasteiger partial charge in [-0.15, -0.1) is 0 Å². The first-order chi connectivity index (χ1) is 7.04. The highest BCUT2D eigenvalue weighted by Gasteiger charge is 2.32. The molecule has 1 saturated carbocycles. The molecule has 0 heterocycles. The van der Waals surface area contributed by atoms with E-state index in [9.17, 15) is 9.59 Å². The van der Waals surface area contributed by atoms with Crippen LogP contribution >= 0.6 is 0 Å². The van der Waals surface area contributed by atoms with Gasteiger partial charge >= 0.3 is 0 Å². The number of nitrogens with one attached hydrogen (secondary N) is 1. The van der Waals surface area contributed by atoms with Crippen molar-refractivity contribution in [2.75, 3.05) is 0 Å². The zero-order valence-electron chi connectivity index (χ0n) is 8.69. The molecule has 5 heteroatoms. The van der Waals surface area contributed by atoms with Gasteiger partial charge in [0.25, 0.3) is 0 Å². The summed E-state index contributed by atoms with van der Waals surface area (Å²) in [5, 5.41) is 11.2. The Hall–Kier alpha value is -1.57. The Kier molecular flexibility index (Phi) is 3.67. The predicted octanol–water partition coefficient (Wildman–Crippen LogP) is -0.0837. The van der Waals surface area contributed by atoms with E-state index in [0.717, 1.165) is 12.8 Å². The Morgan fingerprint density at radius 2 is 2.20 bits per heavy atom. The minimum absolute atomic E-state index is 0.0456. The molecule has 0 saturated heterocycles. The average Bonchev–Trinajstić information content (AvgIpc) is 2.99. The lowest BCUT2D eigenvalue weighted by Crippen LogP contribution is -2.45.